The van der Waals surface area contributed by atoms with Crippen molar-refractivity contribution in [3.63, 3.8) is 0 Å². The van der Waals surface area contributed by atoms with Crippen molar-refractivity contribution < 1.29 is 14.3 Å². The predicted molar refractivity (Wildman–Crippen MR) is 68.1 cm³/mol. The van der Waals surface area contributed by atoms with Gasteiger partial charge in [-0.1, -0.05) is 15.9 Å². The molecule has 17 heavy (non-hydrogen) atoms. The fraction of sp³-hybridized carbons (Fsp3) is 0.417. The molecular weight excluding hydrogens is 286 g/mol. The fourth-order valence-electron chi connectivity index (χ4n) is 1.67. The second-order valence-corrected chi connectivity index (χ2v) is 4.86. The number of benzene rings is 1. The van der Waals surface area contributed by atoms with Crippen LogP contribution >= 0.6 is 15.9 Å². The Bertz CT molecular complexity index is 396. The van der Waals surface area contributed by atoms with Gasteiger partial charge >= 0.3 is 0 Å². The summed E-state index contributed by atoms with van der Waals surface area (Å²) in [5, 5.41) is 2.82. The van der Waals surface area contributed by atoms with Gasteiger partial charge in [0.25, 0.3) is 5.91 Å². The quantitative estimate of drug-likeness (QED) is 0.910. The van der Waals surface area contributed by atoms with Crippen molar-refractivity contribution in [1.82, 2.24) is 0 Å². The minimum atomic E-state index is -0.511. The first-order chi connectivity index (χ1) is 8.15. The Hall–Kier alpha value is -0.910. The molecular formula is C12H14BrNO3. The lowest BCUT2D eigenvalue weighted by Crippen LogP contribution is -2.39. The summed E-state index contributed by atoms with van der Waals surface area (Å²) in [7, 11) is 0. The van der Waals surface area contributed by atoms with Gasteiger partial charge in [-0.3, -0.25) is 4.79 Å². The molecule has 1 aromatic rings. The van der Waals surface area contributed by atoms with Crippen LogP contribution in [0.4, 0.5) is 5.69 Å². The molecule has 0 saturated carbocycles. The zero-order chi connectivity index (χ0) is 12.3. The van der Waals surface area contributed by atoms with E-state index in [4.69, 9.17) is 9.47 Å². The van der Waals surface area contributed by atoms with Gasteiger partial charge in [0.05, 0.1) is 19.8 Å². The Morgan fingerprint density at radius 3 is 2.88 bits per heavy atom. The zero-order valence-electron chi connectivity index (χ0n) is 9.53. The molecule has 1 saturated heterocycles. The van der Waals surface area contributed by atoms with E-state index < -0.39 is 6.10 Å². The van der Waals surface area contributed by atoms with E-state index in [1.807, 2.05) is 25.1 Å². The van der Waals surface area contributed by atoms with Crippen LogP contribution in [0.3, 0.4) is 0 Å². The minimum absolute atomic E-state index is 0.165. The summed E-state index contributed by atoms with van der Waals surface area (Å²) in [5.41, 5.74) is 1.84. The van der Waals surface area contributed by atoms with Gasteiger partial charge in [0.15, 0.2) is 6.10 Å². The lowest BCUT2D eigenvalue weighted by Gasteiger charge is -2.22. The topological polar surface area (TPSA) is 47.6 Å². The second-order valence-electron chi connectivity index (χ2n) is 3.94. The third-order valence-electron chi connectivity index (χ3n) is 2.42. The Kier molecular flexibility index (Phi) is 4.15. The predicted octanol–water partition coefficient (Wildman–Crippen LogP) is 2.11. The van der Waals surface area contributed by atoms with Crippen molar-refractivity contribution in [2.45, 2.75) is 13.0 Å². The number of ether oxygens (including phenoxy) is 2. The molecule has 0 spiro atoms. The molecule has 0 bridgehead atoms. The first kappa shape index (κ1) is 12.5. The van der Waals surface area contributed by atoms with E-state index in [0.717, 1.165) is 15.7 Å². The Balaban J connectivity index is 2.01. The molecule has 1 unspecified atom stereocenters. The van der Waals surface area contributed by atoms with Gasteiger partial charge in [0, 0.05) is 10.2 Å². The maximum absolute atomic E-state index is 11.9. The standard InChI is InChI=1S/C12H14BrNO3/c1-8-4-9(13)6-10(5-8)14-12(15)11-7-16-2-3-17-11/h4-6,11H,2-3,7H2,1H3,(H,14,15). The van der Waals surface area contributed by atoms with E-state index in [2.05, 4.69) is 21.2 Å². The number of amides is 1. The number of rotatable bonds is 2. The number of hydrogen-bond donors (Lipinski definition) is 1. The zero-order valence-corrected chi connectivity index (χ0v) is 11.1. The molecule has 1 amide bonds. The highest BCUT2D eigenvalue weighted by Gasteiger charge is 2.22. The monoisotopic (exact) mass is 299 g/mol. The number of carbonyl (C=O) groups is 1. The van der Waals surface area contributed by atoms with Crippen molar-refractivity contribution in [3.05, 3.63) is 28.2 Å². The highest BCUT2D eigenvalue weighted by molar-refractivity contribution is 9.10. The van der Waals surface area contributed by atoms with E-state index in [0.29, 0.717) is 19.8 Å². The van der Waals surface area contributed by atoms with E-state index in [-0.39, 0.29) is 5.91 Å². The molecule has 1 aromatic carbocycles. The molecule has 1 aliphatic rings. The van der Waals surface area contributed by atoms with Crippen LogP contribution in [-0.4, -0.2) is 31.8 Å². The third-order valence-corrected chi connectivity index (χ3v) is 2.88. The maximum Gasteiger partial charge on any atom is 0.255 e. The Morgan fingerprint density at radius 1 is 1.41 bits per heavy atom. The molecule has 1 N–H and O–H groups in total. The SMILES string of the molecule is Cc1cc(Br)cc(NC(=O)C2COCCO2)c1. The Labute approximate surface area is 108 Å². The van der Waals surface area contributed by atoms with Crippen molar-refractivity contribution in [2.24, 2.45) is 0 Å². The number of aryl methyl sites for hydroxylation is 1. The van der Waals surface area contributed by atoms with Crippen LogP contribution in [0.15, 0.2) is 22.7 Å². The average molecular weight is 300 g/mol. The van der Waals surface area contributed by atoms with E-state index >= 15 is 0 Å². The van der Waals surface area contributed by atoms with Gasteiger partial charge in [-0.15, -0.1) is 0 Å². The molecule has 5 heteroatoms. The van der Waals surface area contributed by atoms with E-state index in [1.54, 1.807) is 0 Å². The number of halogens is 1. The van der Waals surface area contributed by atoms with E-state index in [9.17, 15) is 4.79 Å². The van der Waals surface area contributed by atoms with Crippen molar-refractivity contribution in [2.75, 3.05) is 25.1 Å². The van der Waals surface area contributed by atoms with Gasteiger partial charge in [0.1, 0.15) is 0 Å². The van der Waals surface area contributed by atoms with Gasteiger partial charge in [-0.2, -0.15) is 0 Å². The molecule has 0 radical (unpaired) electrons. The van der Waals surface area contributed by atoms with Gasteiger partial charge < -0.3 is 14.8 Å². The minimum Gasteiger partial charge on any atom is -0.376 e. The first-order valence-electron chi connectivity index (χ1n) is 5.42. The number of carbonyl (C=O) groups excluding carboxylic acids is 1. The van der Waals surface area contributed by atoms with Crippen LogP contribution < -0.4 is 5.32 Å². The molecule has 0 aromatic heterocycles. The average Bonchev–Trinajstić information content (AvgIpc) is 2.28. The number of anilines is 1. The highest BCUT2D eigenvalue weighted by atomic mass is 79.9. The van der Waals surface area contributed by atoms with Crippen LogP contribution in [0.2, 0.25) is 0 Å². The van der Waals surface area contributed by atoms with Gasteiger partial charge in [-0.25, -0.2) is 0 Å². The normalized spacial score (nSPS) is 20.0. The summed E-state index contributed by atoms with van der Waals surface area (Å²) in [6.07, 6.45) is -0.511. The van der Waals surface area contributed by atoms with Crippen LogP contribution in [0.1, 0.15) is 5.56 Å². The summed E-state index contributed by atoms with van der Waals surface area (Å²) < 4.78 is 11.5. The van der Waals surface area contributed by atoms with Crippen LogP contribution in [0, 0.1) is 6.92 Å². The second kappa shape index (κ2) is 5.62. The molecule has 0 aliphatic carbocycles. The third kappa shape index (κ3) is 3.52. The number of hydrogen-bond acceptors (Lipinski definition) is 3. The molecule has 1 fully saturated rings. The molecule has 2 rings (SSSR count). The van der Waals surface area contributed by atoms with Crippen molar-refractivity contribution in [3.8, 4) is 0 Å². The lowest BCUT2D eigenvalue weighted by atomic mass is 10.2. The Morgan fingerprint density at radius 2 is 2.24 bits per heavy atom. The lowest BCUT2D eigenvalue weighted by molar-refractivity contribution is -0.142. The summed E-state index contributed by atoms with van der Waals surface area (Å²) in [5.74, 6) is -0.165. The summed E-state index contributed by atoms with van der Waals surface area (Å²) in [6, 6.07) is 5.75. The smallest absolute Gasteiger partial charge is 0.255 e. The first-order valence-corrected chi connectivity index (χ1v) is 6.22. The molecule has 92 valence electrons. The maximum atomic E-state index is 11.9. The van der Waals surface area contributed by atoms with Crippen LogP contribution in [0.5, 0.6) is 0 Å². The van der Waals surface area contributed by atoms with E-state index in [1.165, 1.54) is 0 Å². The van der Waals surface area contributed by atoms with Gasteiger partial charge in [-0.05, 0) is 30.7 Å². The van der Waals surface area contributed by atoms with Crippen molar-refractivity contribution in [1.29, 1.82) is 0 Å². The molecule has 1 aliphatic heterocycles. The van der Waals surface area contributed by atoms with Crippen LogP contribution in [0.25, 0.3) is 0 Å². The highest BCUT2D eigenvalue weighted by Crippen LogP contribution is 2.19. The van der Waals surface area contributed by atoms with Gasteiger partial charge in [0.2, 0.25) is 0 Å². The van der Waals surface area contributed by atoms with Crippen molar-refractivity contribution >= 4 is 27.5 Å². The number of nitrogens with one attached hydrogen (secondary N) is 1. The largest absolute Gasteiger partial charge is 0.376 e. The summed E-state index contributed by atoms with van der Waals surface area (Å²) >= 11 is 3.39. The summed E-state index contributed by atoms with van der Waals surface area (Å²) in [4.78, 5) is 11.9. The molecule has 1 heterocycles. The molecule has 4 nitrogen and oxygen atoms in total. The molecule has 1 atom stereocenters. The summed E-state index contributed by atoms with van der Waals surface area (Å²) in [6.45, 7) is 3.31. The van der Waals surface area contributed by atoms with Crippen LogP contribution in [-0.2, 0) is 14.3 Å². The fourth-order valence-corrected chi connectivity index (χ4v) is 2.28.